The van der Waals surface area contributed by atoms with Gasteiger partial charge in [0.05, 0.1) is 0 Å². The Morgan fingerprint density at radius 1 is 1.25 bits per heavy atom. The molecule has 2 aromatic rings. The van der Waals surface area contributed by atoms with Crippen LogP contribution >= 0.6 is 0 Å². The average molecular weight is 216 g/mol. The van der Waals surface area contributed by atoms with Crippen molar-refractivity contribution in [2.75, 3.05) is 0 Å². The summed E-state index contributed by atoms with van der Waals surface area (Å²) in [5, 5.41) is 4.06. The SMILES string of the molecule is CC(C)(C)NC(=O)c1ccc2cc[nH]c2c1. The highest BCUT2D eigenvalue weighted by atomic mass is 16.1. The van der Waals surface area contributed by atoms with Gasteiger partial charge in [0.1, 0.15) is 0 Å². The standard InChI is InChI=1S/C13H16N2O/c1-13(2,3)15-12(16)10-5-4-9-6-7-14-11(9)8-10/h4-8,14H,1-3H3,(H,15,16). The number of rotatable bonds is 1. The molecule has 1 aromatic heterocycles. The molecule has 0 fully saturated rings. The Morgan fingerprint density at radius 2 is 2.00 bits per heavy atom. The highest BCUT2D eigenvalue weighted by molar-refractivity contribution is 5.98. The Balaban J connectivity index is 2.29. The quantitative estimate of drug-likeness (QED) is 0.756. The third-order valence-electron chi connectivity index (χ3n) is 2.31. The van der Waals surface area contributed by atoms with Crippen LogP contribution in [0.1, 0.15) is 31.1 Å². The van der Waals surface area contributed by atoms with Crippen molar-refractivity contribution in [3.63, 3.8) is 0 Å². The van der Waals surface area contributed by atoms with E-state index in [2.05, 4.69) is 10.3 Å². The molecule has 0 aliphatic rings. The number of benzene rings is 1. The van der Waals surface area contributed by atoms with Crippen molar-refractivity contribution in [1.29, 1.82) is 0 Å². The Kier molecular flexibility index (Phi) is 2.46. The van der Waals surface area contributed by atoms with Crippen LogP contribution in [0, 0.1) is 0 Å². The summed E-state index contributed by atoms with van der Waals surface area (Å²) in [5.41, 5.74) is 1.47. The molecule has 1 heterocycles. The van der Waals surface area contributed by atoms with E-state index in [9.17, 15) is 4.79 Å². The van der Waals surface area contributed by atoms with E-state index in [0.29, 0.717) is 5.56 Å². The summed E-state index contributed by atoms with van der Waals surface area (Å²) >= 11 is 0. The average Bonchev–Trinajstić information content (AvgIpc) is 2.61. The highest BCUT2D eigenvalue weighted by Gasteiger charge is 2.15. The van der Waals surface area contributed by atoms with Crippen molar-refractivity contribution >= 4 is 16.8 Å². The van der Waals surface area contributed by atoms with Crippen LogP contribution in [0.3, 0.4) is 0 Å². The van der Waals surface area contributed by atoms with Crippen LogP contribution in [0.2, 0.25) is 0 Å². The van der Waals surface area contributed by atoms with E-state index in [1.807, 2.05) is 51.2 Å². The highest BCUT2D eigenvalue weighted by Crippen LogP contribution is 2.14. The van der Waals surface area contributed by atoms with Crippen molar-refractivity contribution in [1.82, 2.24) is 10.3 Å². The van der Waals surface area contributed by atoms with Crippen LogP contribution in [-0.4, -0.2) is 16.4 Å². The molecule has 0 aliphatic carbocycles. The lowest BCUT2D eigenvalue weighted by Crippen LogP contribution is -2.40. The third-order valence-corrected chi connectivity index (χ3v) is 2.31. The topological polar surface area (TPSA) is 44.9 Å². The van der Waals surface area contributed by atoms with Gasteiger partial charge in [-0.3, -0.25) is 4.79 Å². The van der Waals surface area contributed by atoms with Gasteiger partial charge in [-0.15, -0.1) is 0 Å². The maximum Gasteiger partial charge on any atom is 0.251 e. The molecule has 16 heavy (non-hydrogen) atoms. The van der Waals surface area contributed by atoms with Crippen LogP contribution in [-0.2, 0) is 0 Å². The van der Waals surface area contributed by atoms with E-state index >= 15 is 0 Å². The van der Waals surface area contributed by atoms with Gasteiger partial charge in [0.25, 0.3) is 5.91 Å². The smallest absolute Gasteiger partial charge is 0.251 e. The number of amides is 1. The van der Waals surface area contributed by atoms with E-state index in [0.717, 1.165) is 10.9 Å². The zero-order valence-corrected chi connectivity index (χ0v) is 9.79. The minimum absolute atomic E-state index is 0.0380. The van der Waals surface area contributed by atoms with Crippen LogP contribution < -0.4 is 5.32 Å². The largest absolute Gasteiger partial charge is 0.361 e. The Labute approximate surface area is 94.9 Å². The number of carbonyl (C=O) groups excluding carboxylic acids is 1. The van der Waals surface area contributed by atoms with Crippen molar-refractivity contribution in [3.05, 3.63) is 36.0 Å². The zero-order valence-electron chi connectivity index (χ0n) is 9.79. The van der Waals surface area contributed by atoms with E-state index in [1.165, 1.54) is 0 Å². The molecule has 3 nitrogen and oxygen atoms in total. The Hall–Kier alpha value is -1.77. The van der Waals surface area contributed by atoms with Gasteiger partial charge in [0.2, 0.25) is 0 Å². The Bertz CT molecular complexity index is 520. The molecule has 1 aromatic carbocycles. The molecular formula is C13H16N2O. The fraction of sp³-hybridized carbons (Fsp3) is 0.308. The fourth-order valence-corrected chi connectivity index (χ4v) is 1.60. The van der Waals surface area contributed by atoms with Gasteiger partial charge in [-0.05, 0) is 44.4 Å². The second-order valence-electron chi connectivity index (χ2n) is 4.98. The first-order valence-electron chi connectivity index (χ1n) is 5.35. The van der Waals surface area contributed by atoms with Gasteiger partial charge >= 0.3 is 0 Å². The van der Waals surface area contributed by atoms with Gasteiger partial charge in [-0.1, -0.05) is 6.07 Å². The van der Waals surface area contributed by atoms with Crippen molar-refractivity contribution < 1.29 is 4.79 Å². The number of hydrogen-bond acceptors (Lipinski definition) is 1. The van der Waals surface area contributed by atoms with E-state index in [1.54, 1.807) is 0 Å². The Morgan fingerprint density at radius 3 is 2.69 bits per heavy atom. The summed E-state index contributed by atoms with van der Waals surface area (Å²) < 4.78 is 0. The molecule has 0 unspecified atom stereocenters. The maximum atomic E-state index is 11.9. The summed E-state index contributed by atoms with van der Waals surface area (Å²) in [6, 6.07) is 7.65. The third kappa shape index (κ3) is 2.24. The fourth-order valence-electron chi connectivity index (χ4n) is 1.60. The van der Waals surface area contributed by atoms with Gasteiger partial charge in [-0.25, -0.2) is 0 Å². The van der Waals surface area contributed by atoms with Crippen molar-refractivity contribution in [2.45, 2.75) is 26.3 Å². The lowest BCUT2D eigenvalue weighted by atomic mass is 10.1. The molecule has 0 atom stereocenters. The summed E-state index contributed by atoms with van der Waals surface area (Å²) in [7, 11) is 0. The molecule has 2 rings (SSSR count). The van der Waals surface area contributed by atoms with Gasteiger partial charge in [-0.2, -0.15) is 0 Å². The zero-order chi connectivity index (χ0) is 11.8. The first-order valence-corrected chi connectivity index (χ1v) is 5.35. The van der Waals surface area contributed by atoms with Gasteiger partial charge in [0, 0.05) is 22.8 Å². The molecule has 2 N–H and O–H groups in total. The summed E-state index contributed by atoms with van der Waals surface area (Å²) in [5.74, 6) is -0.0380. The predicted molar refractivity (Wildman–Crippen MR) is 65.5 cm³/mol. The minimum Gasteiger partial charge on any atom is -0.361 e. The van der Waals surface area contributed by atoms with E-state index in [4.69, 9.17) is 0 Å². The van der Waals surface area contributed by atoms with Crippen LogP contribution in [0.5, 0.6) is 0 Å². The second kappa shape index (κ2) is 3.67. The number of aromatic amines is 1. The molecule has 84 valence electrons. The molecule has 0 spiro atoms. The number of fused-ring (bicyclic) bond motifs is 1. The van der Waals surface area contributed by atoms with Gasteiger partial charge in [0.15, 0.2) is 0 Å². The second-order valence-corrected chi connectivity index (χ2v) is 4.98. The van der Waals surface area contributed by atoms with Crippen LogP contribution in [0.4, 0.5) is 0 Å². The van der Waals surface area contributed by atoms with Crippen molar-refractivity contribution in [3.8, 4) is 0 Å². The lowest BCUT2D eigenvalue weighted by molar-refractivity contribution is 0.0919. The van der Waals surface area contributed by atoms with Crippen LogP contribution in [0.15, 0.2) is 30.5 Å². The number of H-pyrrole nitrogens is 1. The van der Waals surface area contributed by atoms with Crippen molar-refractivity contribution in [2.24, 2.45) is 0 Å². The predicted octanol–water partition coefficient (Wildman–Crippen LogP) is 2.70. The summed E-state index contributed by atoms with van der Waals surface area (Å²) in [6.45, 7) is 5.91. The molecule has 0 saturated carbocycles. The minimum atomic E-state index is -0.207. The van der Waals surface area contributed by atoms with Crippen LogP contribution in [0.25, 0.3) is 10.9 Å². The van der Waals surface area contributed by atoms with Gasteiger partial charge < -0.3 is 10.3 Å². The molecule has 3 heteroatoms. The molecule has 0 aliphatic heterocycles. The number of aromatic nitrogens is 1. The number of nitrogens with one attached hydrogen (secondary N) is 2. The molecular weight excluding hydrogens is 200 g/mol. The molecule has 0 bridgehead atoms. The van der Waals surface area contributed by atoms with E-state index < -0.39 is 0 Å². The first kappa shape index (κ1) is 10.7. The summed E-state index contributed by atoms with van der Waals surface area (Å²) in [4.78, 5) is 15.0. The van der Waals surface area contributed by atoms with E-state index in [-0.39, 0.29) is 11.4 Å². The molecule has 0 radical (unpaired) electrons. The number of carbonyl (C=O) groups is 1. The number of hydrogen-bond donors (Lipinski definition) is 2. The normalized spacial score (nSPS) is 11.7. The first-order chi connectivity index (χ1) is 7.46. The molecule has 0 saturated heterocycles. The molecule has 1 amide bonds. The lowest BCUT2D eigenvalue weighted by Gasteiger charge is -2.20. The maximum absolute atomic E-state index is 11.9. The monoisotopic (exact) mass is 216 g/mol. The summed E-state index contributed by atoms with van der Waals surface area (Å²) in [6.07, 6.45) is 1.87.